The number of ether oxygens (including phenoxy) is 1. The molecule has 0 fully saturated rings. The summed E-state index contributed by atoms with van der Waals surface area (Å²) in [4.78, 5) is 24.6. The molecule has 2 heterocycles. The monoisotopic (exact) mass is 246 g/mol. The number of fused-ring (bicyclic) bond motifs is 1. The van der Waals surface area contributed by atoms with Crippen LogP contribution in [0.5, 0.6) is 0 Å². The number of aromatic nitrogens is 2. The van der Waals surface area contributed by atoms with Crippen molar-refractivity contribution in [2.45, 2.75) is 13.2 Å². The van der Waals surface area contributed by atoms with Crippen molar-refractivity contribution < 1.29 is 4.74 Å². The van der Waals surface area contributed by atoms with E-state index in [4.69, 9.17) is 4.74 Å². The highest BCUT2D eigenvalue weighted by atomic mass is 79.9. The molecule has 1 aromatic rings. The quantitative estimate of drug-likeness (QED) is 0.692. The number of nitrogens with one attached hydrogen (secondary N) is 1. The van der Waals surface area contributed by atoms with Gasteiger partial charge in [0.1, 0.15) is 4.47 Å². The van der Waals surface area contributed by atoms with Crippen molar-refractivity contribution >= 4 is 15.9 Å². The molecule has 70 valence electrons. The van der Waals surface area contributed by atoms with E-state index < -0.39 is 5.56 Å². The molecule has 0 spiro atoms. The molecule has 0 radical (unpaired) electrons. The molecule has 0 bridgehead atoms. The molecular weight excluding hydrogens is 240 g/mol. The van der Waals surface area contributed by atoms with E-state index in [9.17, 15) is 9.59 Å². The molecule has 1 N–H and O–H groups in total. The topological polar surface area (TPSA) is 64.1 Å². The number of H-pyrrole nitrogens is 1. The Hall–Kier alpha value is -0.880. The van der Waals surface area contributed by atoms with Crippen molar-refractivity contribution in [3.8, 4) is 0 Å². The van der Waals surface area contributed by atoms with Gasteiger partial charge in [-0.15, -0.1) is 0 Å². The van der Waals surface area contributed by atoms with Crippen molar-refractivity contribution in [3.05, 3.63) is 31.0 Å². The number of halogens is 1. The third kappa shape index (κ3) is 1.36. The van der Waals surface area contributed by atoms with Crippen molar-refractivity contribution in [1.29, 1.82) is 0 Å². The number of hydrogen-bond acceptors (Lipinski definition) is 3. The number of rotatable bonds is 0. The summed E-state index contributed by atoms with van der Waals surface area (Å²) in [6.07, 6.45) is 0. The Balaban J connectivity index is 2.77. The molecular formula is C7H7BrN2O3. The van der Waals surface area contributed by atoms with E-state index in [0.717, 1.165) is 0 Å². The Bertz CT molecular complexity index is 448. The van der Waals surface area contributed by atoms with Crippen LogP contribution >= 0.6 is 15.9 Å². The molecule has 1 aliphatic heterocycles. The summed E-state index contributed by atoms with van der Waals surface area (Å²) in [5, 5.41) is 0. The van der Waals surface area contributed by atoms with Gasteiger partial charge in [0.05, 0.1) is 25.5 Å². The first-order valence-electron chi connectivity index (χ1n) is 3.79. The predicted octanol–water partition coefficient (Wildman–Crippen LogP) is -0.171. The van der Waals surface area contributed by atoms with E-state index in [1.165, 1.54) is 4.57 Å². The number of hydrogen-bond donors (Lipinski definition) is 1. The van der Waals surface area contributed by atoms with Crippen LogP contribution in [0.15, 0.2) is 14.1 Å². The van der Waals surface area contributed by atoms with Gasteiger partial charge in [-0.05, 0) is 15.9 Å². The highest BCUT2D eigenvalue weighted by Gasteiger charge is 2.15. The van der Waals surface area contributed by atoms with Gasteiger partial charge in [-0.1, -0.05) is 0 Å². The van der Waals surface area contributed by atoms with E-state index in [1.807, 2.05) is 0 Å². The predicted molar refractivity (Wildman–Crippen MR) is 48.7 cm³/mol. The standard InChI is InChI=1S/C7H7BrN2O3/c8-5-4-3-13-2-1-10(4)7(12)9-6(5)11/h1-3H2,(H,9,11,12). The van der Waals surface area contributed by atoms with Crippen LogP contribution in [-0.4, -0.2) is 16.2 Å². The molecule has 0 aliphatic carbocycles. The minimum atomic E-state index is -0.401. The van der Waals surface area contributed by atoms with E-state index in [0.29, 0.717) is 29.9 Å². The first-order valence-corrected chi connectivity index (χ1v) is 4.58. The summed E-state index contributed by atoms with van der Waals surface area (Å²) >= 11 is 3.12. The maximum Gasteiger partial charge on any atom is 0.328 e. The fourth-order valence-electron chi connectivity index (χ4n) is 1.29. The van der Waals surface area contributed by atoms with Gasteiger partial charge in [0.25, 0.3) is 5.56 Å². The maximum absolute atomic E-state index is 11.3. The molecule has 5 nitrogen and oxygen atoms in total. The Morgan fingerprint density at radius 2 is 2.23 bits per heavy atom. The summed E-state index contributed by atoms with van der Waals surface area (Å²) in [7, 11) is 0. The van der Waals surface area contributed by atoms with Crippen molar-refractivity contribution in [3.63, 3.8) is 0 Å². The Morgan fingerprint density at radius 1 is 1.46 bits per heavy atom. The molecule has 0 atom stereocenters. The van der Waals surface area contributed by atoms with Gasteiger partial charge in [-0.3, -0.25) is 14.3 Å². The summed E-state index contributed by atoms with van der Waals surface area (Å²) < 4.78 is 7.03. The molecule has 2 rings (SSSR count). The van der Waals surface area contributed by atoms with Gasteiger partial charge in [0, 0.05) is 0 Å². The van der Waals surface area contributed by atoms with Gasteiger partial charge in [0.15, 0.2) is 0 Å². The summed E-state index contributed by atoms with van der Waals surface area (Å²) in [6.45, 7) is 1.30. The Kier molecular flexibility index (Phi) is 2.09. The third-order valence-electron chi connectivity index (χ3n) is 1.94. The van der Waals surface area contributed by atoms with Crippen LogP contribution in [0.25, 0.3) is 0 Å². The summed E-state index contributed by atoms with van der Waals surface area (Å²) in [6, 6.07) is 0. The van der Waals surface area contributed by atoms with Crippen LogP contribution in [0.1, 0.15) is 5.69 Å². The van der Waals surface area contributed by atoms with Crippen LogP contribution in [-0.2, 0) is 17.9 Å². The highest BCUT2D eigenvalue weighted by Crippen LogP contribution is 2.13. The fraction of sp³-hybridized carbons (Fsp3) is 0.429. The molecule has 0 aromatic carbocycles. The maximum atomic E-state index is 11.3. The second-order valence-corrected chi connectivity index (χ2v) is 3.52. The van der Waals surface area contributed by atoms with Crippen LogP contribution in [0.3, 0.4) is 0 Å². The zero-order chi connectivity index (χ0) is 9.42. The minimum absolute atomic E-state index is 0.305. The number of aromatic amines is 1. The van der Waals surface area contributed by atoms with E-state index in [2.05, 4.69) is 20.9 Å². The Morgan fingerprint density at radius 3 is 3.00 bits per heavy atom. The number of nitrogens with zero attached hydrogens (tertiary/aromatic N) is 1. The lowest BCUT2D eigenvalue weighted by atomic mass is 10.3. The van der Waals surface area contributed by atoms with Crippen molar-refractivity contribution in [2.75, 3.05) is 6.61 Å². The molecule has 0 saturated heterocycles. The fourth-order valence-corrected chi connectivity index (χ4v) is 1.72. The van der Waals surface area contributed by atoms with Crippen LogP contribution < -0.4 is 11.2 Å². The second-order valence-electron chi connectivity index (χ2n) is 2.72. The molecule has 6 heteroatoms. The van der Waals surface area contributed by atoms with Gasteiger partial charge in [-0.2, -0.15) is 0 Å². The van der Waals surface area contributed by atoms with Gasteiger partial charge < -0.3 is 4.74 Å². The smallest absolute Gasteiger partial charge is 0.328 e. The first-order chi connectivity index (χ1) is 6.20. The SMILES string of the molecule is O=c1[nH]c(=O)n2c(c1Br)COCC2. The largest absolute Gasteiger partial charge is 0.373 e. The second kappa shape index (κ2) is 3.12. The van der Waals surface area contributed by atoms with E-state index >= 15 is 0 Å². The van der Waals surface area contributed by atoms with Gasteiger partial charge in [-0.25, -0.2) is 4.79 Å². The normalized spacial score (nSPS) is 15.5. The van der Waals surface area contributed by atoms with Crippen molar-refractivity contribution in [1.82, 2.24) is 9.55 Å². The third-order valence-corrected chi connectivity index (χ3v) is 2.76. The lowest BCUT2D eigenvalue weighted by Crippen LogP contribution is -2.37. The average Bonchev–Trinajstić information content (AvgIpc) is 2.15. The zero-order valence-electron chi connectivity index (χ0n) is 6.67. The van der Waals surface area contributed by atoms with Gasteiger partial charge in [0.2, 0.25) is 0 Å². The van der Waals surface area contributed by atoms with Crippen molar-refractivity contribution in [2.24, 2.45) is 0 Å². The van der Waals surface area contributed by atoms with Crippen LogP contribution in [0.4, 0.5) is 0 Å². The van der Waals surface area contributed by atoms with Crippen LogP contribution in [0.2, 0.25) is 0 Å². The molecule has 0 saturated carbocycles. The summed E-state index contributed by atoms with van der Waals surface area (Å²) in [5.74, 6) is 0. The lowest BCUT2D eigenvalue weighted by Gasteiger charge is -2.18. The molecule has 13 heavy (non-hydrogen) atoms. The van der Waals surface area contributed by atoms with Crippen LogP contribution in [0, 0.1) is 0 Å². The molecule has 1 aromatic heterocycles. The van der Waals surface area contributed by atoms with E-state index in [-0.39, 0.29) is 5.69 Å². The highest BCUT2D eigenvalue weighted by molar-refractivity contribution is 9.10. The average molecular weight is 247 g/mol. The summed E-state index contributed by atoms with van der Waals surface area (Å²) in [5.41, 5.74) is -0.159. The lowest BCUT2D eigenvalue weighted by molar-refractivity contribution is 0.0807. The zero-order valence-corrected chi connectivity index (χ0v) is 8.26. The molecule has 0 amide bonds. The van der Waals surface area contributed by atoms with Gasteiger partial charge >= 0.3 is 5.69 Å². The Labute approximate surface area is 81.5 Å². The molecule has 1 aliphatic rings. The first kappa shape index (κ1) is 8.71. The van der Waals surface area contributed by atoms with E-state index in [1.54, 1.807) is 0 Å². The molecule has 0 unspecified atom stereocenters. The minimum Gasteiger partial charge on any atom is -0.373 e.